The van der Waals surface area contributed by atoms with E-state index in [0.29, 0.717) is 0 Å². The molecule has 0 aromatic carbocycles. The highest BCUT2D eigenvalue weighted by Gasteiger charge is 1.89. The number of nitrogens with two attached hydrogens (primary N) is 1. The average Bonchev–Trinajstić information content (AvgIpc) is 2.03. The highest BCUT2D eigenvalue weighted by molar-refractivity contribution is 5.76. The Bertz CT molecular complexity index is 374. The molecule has 1 heterocycles. The van der Waals surface area contributed by atoms with Crippen LogP contribution >= 0.6 is 0 Å². The highest BCUT2D eigenvalue weighted by atomic mass is 16.1. The van der Waals surface area contributed by atoms with E-state index in [9.17, 15) is 4.79 Å². The number of primary amides is 1. The molecule has 1 aromatic heterocycles. The van der Waals surface area contributed by atoms with Crippen LogP contribution in [0.1, 0.15) is 17.5 Å². The van der Waals surface area contributed by atoms with Gasteiger partial charge in [0.1, 0.15) is 0 Å². The molecular weight excluding hydrogens is 164 g/mol. The lowest BCUT2D eigenvalue weighted by molar-refractivity contribution is -0.117. The van der Waals surface area contributed by atoms with Gasteiger partial charge in [-0.1, -0.05) is 11.8 Å². The molecule has 0 aliphatic heterocycles. The Morgan fingerprint density at radius 1 is 1.62 bits per heavy atom. The first-order chi connectivity index (χ1) is 6.18. The fourth-order valence-electron chi connectivity index (χ4n) is 0.857. The van der Waals surface area contributed by atoms with Gasteiger partial charge in [-0.2, -0.15) is 0 Å². The summed E-state index contributed by atoms with van der Waals surface area (Å²) < 4.78 is 0. The number of carbonyl (C=O) groups excluding carboxylic acids is 1. The minimum absolute atomic E-state index is 0.0912. The molecule has 0 radical (unpaired) electrons. The molecule has 0 bridgehead atoms. The normalized spacial score (nSPS) is 8.69. The summed E-state index contributed by atoms with van der Waals surface area (Å²) in [6.07, 6.45) is 3.49. The van der Waals surface area contributed by atoms with Gasteiger partial charge in [-0.15, -0.1) is 0 Å². The quantitative estimate of drug-likeness (QED) is 0.634. The summed E-state index contributed by atoms with van der Waals surface area (Å²) in [5, 5.41) is 0. The van der Waals surface area contributed by atoms with Crippen molar-refractivity contribution in [3.8, 4) is 11.8 Å². The van der Waals surface area contributed by atoms with Gasteiger partial charge in [0, 0.05) is 18.0 Å². The number of aryl methyl sites for hydroxylation is 1. The molecule has 0 fully saturated rings. The van der Waals surface area contributed by atoms with Gasteiger partial charge in [0.2, 0.25) is 5.91 Å². The molecule has 0 unspecified atom stereocenters. The van der Waals surface area contributed by atoms with E-state index >= 15 is 0 Å². The summed E-state index contributed by atoms with van der Waals surface area (Å²) in [4.78, 5) is 14.3. The minimum Gasteiger partial charge on any atom is -0.369 e. The maximum atomic E-state index is 10.4. The van der Waals surface area contributed by atoms with Gasteiger partial charge in [0.25, 0.3) is 0 Å². The summed E-state index contributed by atoms with van der Waals surface area (Å²) in [5.74, 6) is 5.06. The van der Waals surface area contributed by atoms with E-state index in [-0.39, 0.29) is 6.42 Å². The summed E-state index contributed by atoms with van der Waals surface area (Å²) in [6, 6.07) is 1.90. The lowest BCUT2D eigenvalue weighted by Crippen LogP contribution is -2.08. The van der Waals surface area contributed by atoms with Crippen molar-refractivity contribution in [1.29, 1.82) is 0 Å². The van der Waals surface area contributed by atoms with Crippen molar-refractivity contribution < 1.29 is 4.79 Å². The number of rotatable bonds is 1. The van der Waals surface area contributed by atoms with Crippen LogP contribution in [0.25, 0.3) is 0 Å². The summed E-state index contributed by atoms with van der Waals surface area (Å²) in [7, 11) is 0. The van der Waals surface area contributed by atoms with Crippen molar-refractivity contribution in [3.63, 3.8) is 0 Å². The van der Waals surface area contributed by atoms with Crippen LogP contribution in [0.15, 0.2) is 18.5 Å². The standard InChI is InChI=1S/C10H10N2O/c1-8-5-9(7-12-6-8)3-2-4-10(11)13/h5-7H,4H2,1H3,(H2,11,13). The Hall–Kier alpha value is -1.82. The van der Waals surface area contributed by atoms with Crippen molar-refractivity contribution >= 4 is 5.91 Å². The number of pyridine rings is 1. The lowest BCUT2D eigenvalue weighted by Gasteiger charge is -1.90. The largest absolute Gasteiger partial charge is 0.369 e. The molecule has 3 nitrogen and oxygen atoms in total. The zero-order valence-corrected chi connectivity index (χ0v) is 7.37. The molecule has 0 saturated heterocycles. The Kier molecular flexibility index (Phi) is 3.04. The molecule has 1 aromatic rings. The highest BCUT2D eigenvalue weighted by Crippen LogP contribution is 1.98. The third kappa shape index (κ3) is 3.39. The molecule has 3 heteroatoms. The van der Waals surface area contributed by atoms with Crippen LogP contribution in [0.2, 0.25) is 0 Å². The monoisotopic (exact) mass is 174 g/mol. The van der Waals surface area contributed by atoms with E-state index in [0.717, 1.165) is 11.1 Å². The fourth-order valence-corrected chi connectivity index (χ4v) is 0.857. The van der Waals surface area contributed by atoms with E-state index in [1.54, 1.807) is 12.4 Å². The zero-order chi connectivity index (χ0) is 9.68. The van der Waals surface area contributed by atoms with E-state index in [2.05, 4.69) is 16.8 Å². The van der Waals surface area contributed by atoms with E-state index in [4.69, 9.17) is 5.73 Å². The van der Waals surface area contributed by atoms with Gasteiger partial charge in [-0.3, -0.25) is 9.78 Å². The Labute approximate surface area is 77.0 Å². The predicted octanol–water partition coefficient (Wildman–Crippen LogP) is 0.617. The molecule has 0 saturated carbocycles. The molecular formula is C10H10N2O. The summed E-state index contributed by atoms with van der Waals surface area (Å²) in [6.45, 7) is 1.94. The number of hydrogen-bond donors (Lipinski definition) is 1. The number of aromatic nitrogens is 1. The Morgan fingerprint density at radius 2 is 2.38 bits per heavy atom. The zero-order valence-electron chi connectivity index (χ0n) is 7.37. The van der Waals surface area contributed by atoms with Crippen LogP contribution in [-0.4, -0.2) is 10.9 Å². The van der Waals surface area contributed by atoms with E-state index < -0.39 is 5.91 Å². The minimum atomic E-state index is -0.409. The Balaban J connectivity index is 2.72. The first kappa shape index (κ1) is 9.27. The lowest BCUT2D eigenvalue weighted by atomic mass is 10.2. The summed E-state index contributed by atoms with van der Waals surface area (Å²) in [5.41, 5.74) is 6.78. The smallest absolute Gasteiger partial charge is 0.229 e. The maximum absolute atomic E-state index is 10.4. The number of hydrogen-bond acceptors (Lipinski definition) is 2. The molecule has 0 atom stereocenters. The van der Waals surface area contributed by atoms with Crippen molar-refractivity contribution in [1.82, 2.24) is 4.98 Å². The third-order valence-electron chi connectivity index (χ3n) is 1.37. The van der Waals surface area contributed by atoms with Crippen molar-refractivity contribution in [3.05, 3.63) is 29.6 Å². The van der Waals surface area contributed by atoms with Gasteiger partial charge >= 0.3 is 0 Å². The first-order valence-electron chi connectivity index (χ1n) is 3.87. The van der Waals surface area contributed by atoms with E-state index in [1.807, 2.05) is 13.0 Å². The molecule has 13 heavy (non-hydrogen) atoms. The van der Waals surface area contributed by atoms with Crippen molar-refractivity contribution in [2.45, 2.75) is 13.3 Å². The van der Waals surface area contributed by atoms with Gasteiger partial charge < -0.3 is 5.73 Å². The second kappa shape index (κ2) is 4.27. The second-order valence-corrected chi connectivity index (χ2v) is 2.70. The van der Waals surface area contributed by atoms with Crippen LogP contribution in [0, 0.1) is 18.8 Å². The van der Waals surface area contributed by atoms with Crippen molar-refractivity contribution in [2.24, 2.45) is 5.73 Å². The molecule has 0 spiro atoms. The number of carbonyl (C=O) groups is 1. The maximum Gasteiger partial charge on any atom is 0.229 e. The number of amides is 1. The van der Waals surface area contributed by atoms with Crippen LogP contribution in [0.4, 0.5) is 0 Å². The predicted molar refractivity (Wildman–Crippen MR) is 49.7 cm³/mol. The molecule has 2 N–H and O–H groups in total. The third-order valence-corrected chi connectivity index (χ3v) is 1.37. The average molecular weight is 174 g/mol. The van der Waals surface area contributed by atoms with Crippen LogP contribution in [0.3, 0.4) is 0 Å². The van der Waals surface area contributed by atoms with Crippen LogP contribution in [0.5, 0.6) is 0 Å². The van der Waals surface area contributed by atoms with Gasteiger partial charge in [-0.05, 0) is 18.6 Å². The van der Waals surface area contributed by atoms with Gasteiger partial charge in [0.15, 0.2) is 0 Å². The fraction of sp³-hybridized carbons (Fsp3) is 0.200. The van der Waals surface area contributed by atoms with Gasteiger partial charge in [0.05, 0.1) is 6.42 Å². The molecule has 66 valence electrons. The van der Waals surface area contributed by atoms with Crippen LogP contribution < -0.4 is 5.73 Å². The molecule has 0 aliphatic rings. The van der Waals surface area contributed by atoms with Gasteiger partial charge in [-0.25, -0.2) is 0 Å². The van der Waals surface area contributed by atoms with Crippen molar-refractivity contribution in [2.75, 3.05) is 0 Å². The van der Waals surface area contributed by atoms with Crippen LogP contribution in [-0.2, 0) is 4.79 Å². The Morgan fingerprint density at radius 3 is 3.00 bits per heavy atom. The SMILES string of the molecule is Cc1cncc(C#CCC(N)=O)c1. The molecule has 1 amide bonds. The molecule has 0 aliphatic carbocycles. The first-order valence-corrected chi connectivity index (χ1v) is 3.87. The summed E-state index contributed by atoms with van der Waals surface area (Å²) >= 11 is 0. The van der Waals surface area contributed by atoms with E-state index in [1.165, 1.54) is 0 Å². The number of nitrogens with zero attached hydrogens (tertiary/aromatic N) is 1. The second-order valence-electron chi connectivity index (χ2n) is 2.70. The molecule has 1 rings (SSSR count). The topological polar surface area (TPSA) is 56.0 Å².